The minimum Gasteiger partial charge on any atom is -0.507 e. The third kappa shape index (κ3) is 3.37. The van der Waals surface area contributed by atoms with Crippen molar-refractivity contribution in [3.05, 3.63) is 69.2 Å². The number of aliphatic hydroxyl groups is 1. The minimum absolute atomic E-state index is 0.0657. The van der Waals surface area contributed by atoms with E-state index in [9.17, 15) is 19.8 Å². The number of amides is 1. The molecule has 0 aromatic heterocycles. The summed E-state index contributed by atoms with van der Waals surface area (Å²) in [6, 6.07) is 9.29. The number of halogens is 1. The highest BCUT2D eigenvalue weighted by Gasteiger charge is 2.49. The Hall–Kier alpha value is -2.79. The molecule has 2 aromatic rings. The number of hydrogen-bond acceptors (Lipinski definition) is 4. The highest BCUT2D eigenvalue weighted by Crippen LogP contribution is 2.44. The number of phenolic OH excluding ortho intramolecular Hbond substituents is 1. The SMILES string of the molecule is Cc1ccc(/C(O)=C2/C(=O)C(=O)N(C3CCCC3)C2c2ccc(O)c(Cl)c2)cc1C. The summed E-state index contributed by atoms with van der Waals surface area (Å²) in [7, 11) is 0. The van der Waals surface area contributed by atoms with Crippen LogP contribution < -0.4 is 0 Å². The molecule has 4 rings (SSSR count). The van der Waals surface area contributed by atoms with Crippen molar-refractivity contribution < 1.29 is 19.8 Å². The van der Waals surface area contributed by atoms with Crippen LogP contribution in [-0.4, -0.2) is 32.8 Å². The normalized spacial score (nSPS) is 21.6. The van der Waals surface area contributed by atoms with E-state index < -0.39 is 17.7 Å². The highest BCUT2D eigenvalue weighted by molar-refractivity contribution is 6.46. The lowest BCUT2D eigenvalue weighted by atomic mass is 9.93. The zero-order valence-corrected chi connectivity index (χ0v) is 17.7. The van der Waals surface area contributed by atoms with Gasteiger partial charge in [0.15, 0.2) is 0 Å². The number of carbonyl (C=O) groups excluding carboxylic acids is 2. The Morgan fingerprint density at radius 3 is 2.37 bits per heavy atom. The van der Waals surface area contributed by atoms with E-state index in [1.807, 2.05) is 26.0 Å². The molecule has 1 aliphatic carbocycles. The Balaban J connectivity index is 1.91. The molecule has 2 N–H and O–H groups in total. The molecule has 1 unspecified atom stereocenters. The molecule has 1 heterocycles. The zero-order chi connectivity index (χ0) is 21.6. The molecule has 2 aromatic carbocycles. The highest BCUT2D eigenvalue weighted by atomic mass is 35.5. The van der Waals surface area contributed by atoms with Crippen LogP contribution in [-0.2, 0) is 9.59 Å². The summed E-state index contributed by atoms with van der Waals surface area (Å²) < 4.78 is 0. The topological polar surface area (TPSA) is 77.8 Å². The summed E-state index contributed by atoms with van der Waals surface area (Å²) in [5.74, 6) is -1.55. The molecule has 1 saturated carbocycles. The maximum absolute atomic E-state index is 13.1. The monoisotopic (exact) mass is 425 g/mol. The summed E-state index contributed by atoms with van der Waals surface area (Å²) in [5.41, 5.74) is 3.21. The maximum Gasteiger partial charge on any atom is 0.295 e. The number of aliphatic hydroxyl groups excluding tert-OH is 1. The number of aryl methyl sites for hydroxylation is 2. The van der Waals surface area contributed by atoms with Crippen LogP contribution in [0.4, 0.5) is 0 Å². The average molecular weight is 426 g/mol. The molecule has 1 atom stereocenters. The first kappa shape index (κ1) is 20.5. The Kier molecular flexibility index (Phi) is 5.33. The number of nitrogens with zero attached hydrogens (tertiary/aromatic N) is 1. The molecular weight excluding hydrogens is 402 g/mol. The van der Waals surface area contributed by atoms with E-state index in [1.165, 1.54) is 6.07 Å². The molecular formula is C24H24ClNO4. The van der Waals surface area contributed by atoms with Gasteiger partial charge in [-0.05, 0) is 61.6 Å². The standard InChI is InChI=1S/C24H24ClNO4/c1-13-7-8-16(11-14(13)2)22(28)20-21(15-9-10-19(27)18(25)12-15)26(24(30)23(20)29)17-5-3-4-6-17/h7-12,17,21,27-28H,3-6H2,1-2H3/b22-20-. The summed E-state index contributed by atoms with van der Waals surface area (Å²) in [6.07, 6.45) is 3.62. The van der Waals surface area contributed by atoms with Crippen LogP contribution in [0.3, 0.4) is 0 Å². The first-order valence-electron chi connectivity index (χ1n) is 10.2. The fraction of sp³-hybridized carbons (Fsp3) is 0.333. The Labute approximate surface area is 180 Å². The Morgan fingerprint density at radius 2 is 1.73 bits per heavy atom. The number of carbonyl (C=O) groups is 2. The number of aromatic hydroxyl groups is 1. The number of benzene rings is 2. The van der Waals surface area contributed by atoms with Gasteiger partial charge in [0.25, 0.3) is 11.7 Å². The number of ketones is 1. The van der Waals surface area contributed by atoms with Crippen molar-refractivity contribution in [3.63, 3.8) is 0 Å². The van der Waals surface area contributed by atoms with E-state index in [4.69, 9.17) is 11.6 Å². The molecule has 1 amide bonds. The van der Waals surface area contributed by atoms with Gasteiger partial charge in [0.1, 0.15) is 11.5 Å². The van der Waals surface area contributed by atoms with Crippen molar-refractivity contribution in [2.24, 2.45) is 0 Å². The number of Topliss-reactive ketones (excluding diaryl/α,β-unsaturated/α-hetero) is 1. The quantitative estimate of drug-likeness (QED) is 0.411. The molecule has 2 fully saturated rings. The van der Waals surface area contributed by atoms with E-state index in [0.29, 0.717) is 11.1 Å². The van der Waals surface area contributed by atoms with Crippen LogP contribution >= 0.6 is 11.6 Å². The van der Waals surface area contributed by atoms with Crippen molar-refractivity contribution >= 4 is 29.1 Å². The molecule has 30 heavy (non-hydrogen) atoms. The Morgan fingerprint density at radius 1 is 1.03 bits per heavy atom. The van der Waals surface area contributed by atoms with Crippen molar-refractivity contribution in [1.82, 2.24) is 4.90 Å². The second-order valence-corrected chi connectivity index (χ2v) is 8.56. The van der Waals surface area contributed by atoms with Crippen LogP contribution in [0.15, 0.2) is 42.0 Å². The summed E-state index contributed by atoms with van der Waals surface area (Å²) in [5, 5.41) is 21.1. The van der Waals surface area contributed by atoms with E-state index >= 15 is 0 Å². The van der Waals surface area contributed by atoms with E-state index in [-0.39, 0.29) is 28.1 Å². The molecule has 5 nitrogen and oxygen atoms in total. The third-order valence-corrected chi connectivity index (χ3v) is 6.57. The van der Waals surface area contributed by atoms with Crippen molar-refractivity contribution in [2.45, 2.75) is 51.6 Å². The van der Waals surface area contributed by atoms with Crippen LogP contribution in [0.25, 0.3) is 5.76 Å². The molecule has 6 heteroatoms. The fourth-order valence-electron chi connectivity index (χ4n) is 4.47. The van der Waals surface area contributed by atoms with Gasteiger partial charge >= 0.3 is 0 Å². The van der Waals surface area contributed by atoms with Crippen LogP contribution in [0.2, 0.25) is 5.02 Å². The largest absolute Gasteiger partial charge is 0.507 e. The number of phenols is 1. The second-order valence-electron chi connectivity index (χ2n) is 8.15. The predicted octanol–water partition coefficient (Wildman–Crippen LogP) is 5.03. The van der Waals surface area contributed by atoms with Gasteiger partial charge in [-0.15, -0.1) is 0 Å². The van der Waals surface area contributed by atoms with Gasteiger partial charge in [-0.3, -0.25) is 9.59 Å². The first-order chi connectivity index (χ1) is 14.3. The van der Waals surface area contributed by atoms with Crippen LogP contribution in [0.1, 0.15) is 54.0 Å². The summed E-state index contributed by atoms with van der Waals surface area (Å²) in [4.78, 5) is 27.7. The summed E-state index contributed by atoms with van der Waals surface area (Å²) in [6.45, 7) is 3.90. The lowest BCUT2D eigenvalue weighted by Gasteiger charge is -2.31. The lowest BCUT2D eigenvalue weighted by Crippen LogP contribution is -2.37. The second kappa shape index (κ2) is 7.80. The van der Waals surface area contributed by atoms with Gasteiger partial charge in [-0.2, -0.15) is 0 Å². The predicted molar refractivity (Wildman–Crippen MR) is 115 cm³/mol. The molecule has 2 aliphatic rings. The molecule has 1 aliphatic heterocycles. The van der Waals surface area contributed by atoms with Gasteiger partial charge in [-0.1, -0.05) is 42.6 Å². The van der Waals surface area contributed by atoms with Gasteiger partial charge < -0.3 is 15.1 Å². The molecule has 0 bridgehead atoms. The van der Waals surface area contributed by atoms with Crippen molar-refractivity contribution in [1.29, 1.82) is 0 Å². The van der Waals surface area contributed by atoms with E-state index in [0.717, 1.165) is 36.8 Å². The molecule has 0 radical (unpaired) electrons. The van der Waals surface area contributed by atoms with E-state index in [2.05, 4.69) is 0 Å². The van der Waals surface area contributed by atoms with Crippen molar-refractivity contribution in [2.75, 3.05) is 0 Å². The van der Waals surface area contributed by atoms with Crippen molar-refractivity contribution in [3.8, 4) is 5.75 Å². The fourth-order valence-corrected chi connectivity index (χ4v) is 4.66. The number of hydrogen-bond donors (Lipinski definition) is 2. The third-order valence-electron chi connectivity index (χ3n) is 6.27. The molecule has 156 valence electrons. The molecule has 1 saturated heterocycles. The smallest absolute Gasteiger partial charge is 0.295 e. The zero-order valence-electron chi connectivity index (χ0n) is 17.0. The van der Waals surface area contributed by atoms with Gasteiger partial charge in [-0.25, -0.2) is 0 Å². The summed E-state index contributed by atoms with van der Waals surface area (Å²) >= 11 is 6.14. The van der Waals surface area contributed by atoms with Gasteiger partial charge in [0, 0.05) is 11.6 Å². The van der Waals surface area contributed by atoms with Gasteiger partial charge in [0.05, 0.1) is 16.6 Å². The Bertz CT molecular complexity index is 1070. The van der Waals surface area contributed by atoms with Crippen LogP contribution in [0, 0.1) is 13.8 Å². The van der Waals surface area contributed by atoms with Crippen LogP contribution in [0.5, 0.6) is 5.75 Å². The maximum atomic E-state index is 13.1. The first-order valence-corrected chi connectivity index (χ1v) is 10.5. The average Bonchev–Trinajstić information content (AvgIpc) is 3.33. The lowest BCUT2D eigenvalue weighted by molar-refractivity contribution is -0.141. The molecule has 0 spiro atoms. The number of likely N-dealkylation sites (tertiary alicyclic amines) is 1. The minimum atomic E-state index is -0.743. The van der Waals surface area contributed by atoms with E-state index in [1.54, 1.807) is 23.1 Å². The van der Waals surface area contributed by atoms with Gasteiger partial charge in [0.2, 0.25) is 0 Å². The number of rotatable bonds is 3.